The van der Waals surface area contributed by atoms with Crippen molar-refractivity contribution in [3.63, 3.8) is 0 Å². The molecule has 0 bridgehead atoms. The topological polar surface area (TPSA) is 62.2 Å². The summed E-state index contributed by atoms with van der Waals surface area (Å²) in [5.41, 5.74) is 4.17. The largest absolute Gasteiger partial charge is 0.323 e. The molecule has 0 spiro atoms. The molecule has 1 fully saturated rings. The average molecular weight is 444 g/mol. The van der Waals surface area contributed by atoms with Gasteiger partial charge in [-0.05, 0) is 79.5 Å². The van der Waals surface area contributed by atoms with Crippen LogP contribution in [-0.2, 0) is 6.54 Å². The number of anilines is 2. The van der Waals surface area contributed by atoms with Gasteiger partial charge >= 0.3 is 6.03 Å². The quantitative estimate of drug-likeness (QED) is 0.409. The van der Waals surface area contributed by atoms with Crippen molar-refractivity contribution in [1.29, 1.82) is 0 Å². The van der Waals surface area contributed by atoms with E-state index in [1.807, 2.05) is 53.3 Å². The Hall–Kier alpha value is -3.71. The van der Waals surface area contributed by atoms with Gasteiger partial charge in [0, 0.05) is 29.5 Å². The summed E-state index contributed by atoms with van der Waals surface area (Å²) in [7, 11) is 0. The zero-order chi connectivity index (χ0) is 22.6. The van der Waals surface area contributed by atoms with Crippen molar-refractivity contribution in [3.05, 3.63) is 78.7 Å². The molecule has 168 valence electrons. The highest BCUT2D eigenvalue weighted by Gasteiger charge is 2.12. The summed E-state index contributed by atoms with van der Waals surface area (Å²) >= 11 is 0. The number of benzene rings is 3. The van der Waals surface area contributed by atoms with Gasteiger partial charge in [0.25, 0.3) is 0 Å². The lowest BCUT2D eigenvalue weighted by Gasteiger charge is -2.13. The SMILES string of the molecule is O=C(Nc1ccc(-c2ccc(F)cc2)cc1)Nc1ccc2nn(CCN3CCCC3)cc2c1. The number of fused-ring (bicyclic) bond motifs is 1. The Labute approximate surface area is 192 Å². The number of likely N-dealkylation sites (tertiary alicyclic amines) is 1. The van der Waals surface area contributed by atoms with Crippen molar-refractivity contribution in [2.75, 3.05) is 30.3 Å². The van der Waals surface area contributed by atoms with E-state index in [4.69, 9.17) is 0 Å². The van der Waals surface area contributed by atoms with Crippen molar-refractivity contribution in [1.82, 2.24) is 14.7 Å². The maximum Gasteiger partial charge on any atom is 0.323 e. The molecule has 2 amide bonds. The molecule has 0 saturated carbocycles. The Balaban J connectivity index is 1.19. The minimum atomic E-state index is -0.315. The summed E-state index contributed by atoms with van der Waals surface area (Å²) < 4.78 is 15.1. The van der Waals surface area contributed by atoms with Gasteiger partial charge in [-0.2, -0.15) is 5.10 Å². The van der Waals surface area contributed by atoms with E-state index in [1.54, 1.807) is 12.1 Å². The molecule has 33 heavy (non-hydrogen) atoms. The van der Waals surface area contributed by atoms with Crippen LogP contribution in [0.15, 0.2) is 72.9 Å². The molecule has 3 aromatic carbocycles. The van der Waals surface area contributed by atoms with Crippen LogP contribution < -0.4 is 10.6 Å². The van der Waals surface area contributed by atoms with Gasteiger partial charge in [0.15, 0.2) is 0 Å². The number of urea groups is 1. The molecule has 1 aliphatic heterocycles. The van der Waals surface area contributed by atoms with Gasteiger partial charge in [0.1, 0.15) is 5.82 Å². The zero-order valence-electron chi connectivity index (χ0n) is 18.3. The van der Waals surface area contributed by atoms with Gasteiger partial charge < -0.3 is 15.5 Å². The Morgan fingerprint density at radius 2 is 1.48 bits per heavy atom. The number of carbonyl (C=O) groups excluding carboxylic acids is 1. The van der Waals surface area contributed by atoms with Gasteiger partial charge in [-0.15, -0.1) is 0 Å². The Morgan fingerprint density at radius 1 is 0.848 bits per heavy atom. The highest BCUT2D eigenvalue weighted by Crippen LogP contribution is 2.22. The van der Waals surface area contributed by atoms with Crippen molar-refractivity contribution < 1.29 is 9.18 Å². The number of nitrogens with one attached hydrogen (secondary N) is 2. The van der Waals surface area contributed by atoms with Crippen LogP contribution in [-0.4, -0.2) is 40.3 Å². The van der Waals surface area contributed by atoms with E-state index in [9.17, 15) is 9.18 Å². The lowest BCUT2D eigenvalue weighted by atomic mass is 10.1. The average Bonchev–Trinajstić information content (AvgIpc) is 3.48. The van der Waals surface area contributed by atoms with Crippen LogP contribution in [0, 0.1) is 5.82 Å². The minimum Gasteiger partial charge on any atom is -0.308 e. The van der Waals surface area contributed by atoms with E-state index in [2.05, 4.69) is 20.6 Å². The van der Waals surface area contributed by atoms with Crippen molar-refractivity contribution in [2.24, 2.45) is 0 Å². The lowest BCUT2D eigenvalue weighted by molar-refractivity contribution is 0.262. The molecular weight excluding hydrogens is 417 g/mol. The van der Waals surface area contributed by atoms with E-state index in [1.165, 1.54) is 38.1 Å². The summed E-state index contributed by atoms with van der Waals surface area (Å²) in [5.74, 6) is -0.263. The van der Waals surface area contributed by atoms with Crippen molar-refractivity contribution >= 4 is 28.3 Å². The normalized spacial score (nSPS) is 14.0. The number of aromatic nitrogens is 2. The molecule has 0 atom stereocenters. The minimum absolute atomic E-state index is 0.263. The monoisotopic (exact) mass is 443 g/mol. The second kappa shape index (κ2) is 9.42. The number of hydrogen-bond donors (Lipinski definition) is 2. The first-order valence-electron chi connectivity index (χ1n) is 11.3. The first-order valence-corrected chi connectivity index (χ1v) is 11.3. The maximum absolute atomic E-state index is 13.1. The summed E-state index contributed by atoms with van der Waals surface area (Å²) in [4.78, 5) is 14.9. The van der Waals surface area contributed by atoms with Crippen LogP contribution in [0.4, 0.5) is 20.6 Å². The molecule has 0 radical (unpaired) electrons. The summed E-state index contributed by atoms with van der Waals surface area (Å²) in [6.07, 6.45) is 4.61. The molecule has 1 saturated heterocycles. The fourth-order valence-electron chi connectivity index (χ4n) is 4.20. The fraction of sp³-hybridized carbons (Fsp3) is 0.231. The molecule has 2 N–H and O–H groups in total. The van der Waals surface area contributed by atoms with Crippen LogP contribution in [0.2, 0.25) is 0 Å². The third kappa shape index (κ3) is 5.21. The second-order valence-corrected chi connectivity index (χ2v) is 8.38. The first kappa shape index (κ1) is 21.2. The molecule has 4 aromatic rings. The van der Waals surface area contributed by atoms with Crippen molar-refractivity contribution in [3.8, 4) is 11.1 Å². The van der Waals surface area contributed by atoms with Gasteiger partial charge in [0.05, 0.1) is 12.1 Å². The van der Waals surface area contributed by atoms with E-state index >= 15 is 0 Å². The predicted molar refractivity (Wildman–Crippen MR) is 130 cm³/mol. The third-order valence-corrected chi connectivity index (χ3v) is 5.97. The number of halogens is 1. The molecule has 6 nitrogen and oxygen atoms in total. The highest BCUT2D eigenvalue weighted by molar-refractivity contribution is 6.01. The third-order valence-electron chi connectivity index (χ3n) is 5.97. The van der Waals surface area contributed by atoms with Gasteiger partial charge in [-0.3, -0.25) is 4.68 Å². The van der Waals surface area contributed by atoms with E-state index < -0.39 is 0 Å². The smallest absolute Gasteiger partial charge is 0.308 e. The molecular formula is C26H26FN5O. The van der Waals surface area contributed by atoms with Crippen LogP contribution in [0.3, 0.4) is 0 Å². The standard InChI is InChI=1S/C26H26FN5O/c27-22-7-3-19(4-8-22)20-5-9-23(10-6-20)28-26(33)29-24-11-12-25-21(17-24)18-32(30-25)16-15-31-13-1-2-14-31/h3-12,17-18H,1-2,13-16H2,(H2,28,29,33). The number of nitrogens with zero attached hydrogens (tertiary/aromatic N) is 3. The van der Waals surface area contributed by atoms with Crippen LogP contribution in [0.1, 0.15) is 12.8 Å². The fourth-order valence-corrected chi connectivity index (χ4v) is 4.20. The molecule has 1 aliphatic rings. The Kier molecular flexibility index (Phi) is 6.04. The maximum atomic E-state index is 13.1. The molecule has 7 heteroatoms. The zero-order valence-corrected chi connectivity index (χ0v) is 18.3. The predicted octanol–water partition coefficient (Wildman–Crippen LogP) is 5.58. The van der Waals surface area contributed by atoms with Gasteiger partial charge in [-0.1, -0.05) is 24.3 Å². The Morgan fingerprint density at radius 3 is 2.21 bits per heavy atom. The Bertz CT molecular complexity index is 1240. The van der Waals surface area contributed by atoms with Crippen molar-refractivity contribution in [2.45, 2.75) is 19.4 Å². The molecule has 2 heterocycles. The summed E-state index contributed by atoms with van der Waals surface area (Å²) in [5, 5.41) is 11.4. The van der Waals surface area contributed by atoms with Crippen LogP contribution >= 0.6 is 0 Å². The molecule has 1 aromatic heterocycles. The molecule has 0 aliphatic carbocycles. The van der Waals surface area contributed by atoms with E-state index in [-0.39, 0.29) is 11.8 Å². The van der Waals surface area contributed by atoms with Crippen LogP contribution in [0.25, 0.3) is 22.0 Å². The molecule has 0 unspecified atom stereocenters. The second-order valence-electron chi connectivity index (χ2n) is 8.38. The van der Waals surface area contributed by atoms with Gasteiger partial charge in [0.2, 0.25) is 0 Å². The van der Waals surface area contributed by atoms with Gasteiger partial charge in [-0.25, -0.2) is 9.18 Å². The lowest BCUT2D eigenvalue weighted by Crippen LogP contribution is -2.24. The summed E-state index contributed by atoms with van der Waals surface area (Å²) in [6, 6.07) is 19.2. The van der Waals surface area contributed by atoms with E-state index in [0.717, 1.165) is 35.1 Å². The number of amides is 2. The van der Waals surface area contributed by atoms with Crippen LogP contribution in [0.5, 0.6) is 0 Å². The highest BCUT2D eigenvalue weighted by atomic mass is 19.1. The number of rotatable bonds is 6. The summed E-state index contributed by atoms with van der Waals surface area (Å²) in [6.45, 7) is 4.24. The van der Waals surface area contributed by atoms with E-state index in [0.29, 0.717) is 11.4 Å². The number of hydrogen-bond acceptors (Lipinski definition) is 3. The molecule has 5 rings (SSSR count). The number of carbonyl (C=O) groups is 1. The first-order chi connectivity index (χ1) is 16.1.